The maximum atomic E-state index is 11.0. The van der Waals surface area contributed by atoms with Crippen LogP contribution in [-0.4, -0.2) is 16.1 Å². The summed E-state index contributed by atoms with van der Waals surface area (Å²) >= 11 is 1.41. The van der Waals surface area contributed by atoms with E-state index in [0.717, 1.165) is 28.7 Å². The summed E-state index contributed by atoms with van der Waals surface area (Å²) in [5.41, 5.74) is 0. The fourth-order valence-electron chi connectivity index (χ4n) is 4.87. The topological polar surface area (TPSA) is 50.2 Å². The van der Waals surface area contributed by atoms with Crippen molar-refractivity contribution in [3.8, 4) is 0 Å². The van der Waals surface area contributed by atoms with Crippen molar-refractivity contribution in [1.29, 1.82) is 0 Å². The van der Waals surface area contributed by atoms with Gasteiger partial charge in [0.1, 0.15) is 4.88 Å². The first-order valence-corrected chi connectivity index (χ1v) is 7.71. The van der Waals surface area contributed by atoms with Crippen molar-refractivity contribution in [2.45, 2.75) is 38.0 Å². The number of aromatic carboxylic acids is 1. The molecular formula is C14H17NO2S. The van der Waals surface area contributed by atoms with Crippen LogP contribution in [0.3, 0.4) is 0 Å². The third-order valence-corrected chi connectivity index (χ3v) is 6.33. The standard InChI is InChI=1S/C14H17NO2S/c16-14(17)11-6-15-13(18-11)12-9-2-7-1-8(4-9)5-10(12)3-7/h6-10,12H,1-5H2,(H,16,17). The van der Waals surface area contributed by atoms with Crippen molar-refractivity contribution in [2.24, 2.45) is 23.7 Å². The van der Waals surface area contributed by atoms with Gasteiger partial charge in [0.25, 0.3) is 0 Å². The van der Waals surface area contributed by atoms with E-state index in [1.54, 1.807) is 6.20 Å². The van der Waals surface area contributed by atoms with Gasteiger partial charge in [0, 0.05) is 5.92 Å². The summed E-state index contributed by atoms with van der Waals surface area (Å²) in [6.07, 6.45) is 8.45. The number of carboxylic acid groups (broad SMARTS) is 1. The van der Waals surface area contributed by atoms with E-state index in [0.29, 0.717) is 10.8 Å². The Morgan fingerprint density at radius 2 is 1.78 bits per heavy atom. The lowest BCUT2D eigenvalue weighted by atomic mass is 9.52. The van der Waals surface area contributed by atoms with Crippen LogP contribution in [0, 0.1) is 23.7 Å². The van der Waals surface area contributed by atoms with Crippen molar-refractivity contribution in [1.82, 2.24) is 4.98 Å². The van der Waals surface area contributed by atoms with Crippen LogP contribution in [0.2, 0.25) is 0 Å². The van der Waals surface area contributed by atoms with Gasteiger partial charge in [0.2, 0.25) is 0 Å². The van der Waals surface area contributed by atoms with Gasteiger partial charge in [-0.15, -0.1) is 11.3 Å². The molecule has 0 unspecified atom stereocenters. The third kappa shape index (κ3) is 1.54. The van der Waals surface area contributed by atoms with E-state index in [-0.39, 0.29) is 0 Å². The molecule has 5 rings (SSSR count). The van der Waals surface area contributed by atoms with E-state index >= 15 is 0 Å². The molecule has 4 aliphatic rings. The van der Waals surface area contributed by atoms with Crippen LogP contribution in [-0.2, 0) is 0 Å². The van der Waals surface area contributed by atoms with Gasteiger partial charge in [-0.25, -0.2) is 9.78 Å². The van der Waals surface area contributed by atoms with Crippen LogP contribution < -0.4 is 0 Å². The summed E-state index contributed by atoms with van der Waals surface area (Å²) in [7, 11) is 0. The number of thiazole rings is 1. The van der Waals surface area contributed by atoms with Crippen LogP contribution >= 0.6 is 11.3 Å². The molecule has 4 bridgehead atoms. The van der Waals surface area contributed by atoms with Crippen LogP contribution in [0.15, 0.2) is 6.20 Å². The quantitative estimate of drug-likeness (QED) is 0.890. The zero-order chi connectivity index (χ0) is 12.3. The maximum Gasteiger partial charge on any atom is 0.347 e. The number of carbonyl (C=O) groups is 1. The highest BCUT2D eigenvalue weighted by Crippen LogP contribution is 2.60. The van der Waals surface area contributed by atoms with E-state index in [9.17, 15) is 4.79 Å². The van der Waals surface area contributed by atoms with Gasteiger partial charge < -0.3 is 5.11 Å². The summed E-state index contributed by atoms with van der Waals surface area (Å²) in [6.45, 7) is 0. The summed E-state index contributed by atoms with van der Waals surface area (Å²) in [5, 5.41) is 10.1. The molecule has 1 heterocycles. The molecule has 0 aromatic carbocycles. The van der Waals surface area contributed by atoms with E-state index in [1.165, 1.54) is 43.4 Å². The van der Waals surface area contributed by atoms with Gasteiger partial charge in [-0.05, 0) is 55.8 Å². The van der Waals surface area contributed by atoms with Crippen molar-refractivity contribution in [3.63, 3.8) is 0 Å². The van der Waals surface area contributed by atoms with Gasteiger partial charge in [0.15, 0.2) is 0 Å². The van der Waals surface area contributed by atoms with Crippen LogP contribution in [0.5, 0.6) is 0 Å². The molecule has 4 fully saturated rings. The number of carboxylic acids is 1. The van der Waals surface area contributed by atoms with Crippen LogP contribution in [0.4, 0.5) is 0 Å². The monoisotopic (exact) mass is 263 g/mol. The van der Waals surface area contributed by atoms with E-state index in [4.69, 9.17) is 5.11 Å². The average Bonchev–Trinajstić information content (AvgIpc) is 2.77. The largest absolute Gasteiger partial charge is 0.477 e. The van der Waals surface area contributed by atoms with E-state index in [1.807, 2.05) is 0 Å². The summed E-state index contributed by atoms with van der Waals surface area (Å²) < 4.78 is 0. The highest BCUT2D eigenvalue weighted by atomic mass is 32.1. The molecule has 1 aromatic rings. The molecule has 18 heavy (non-hydrogen) atoms. The summed E-state index contributed by atoms with van der Waals surface area (Å²) in [5.74, 6) is 3.23. The molecule has 4 heteroatoms. The number of hydrogen-bond acceptors (Lipinski definition) is 3. The molecule has 4 aliphatic carbocycles. The van der Waals surface area contributed by atoms with Gasteiger partial charge in [0.05, 0.1) is 11.2 Å². The lowest BCUT2D eigenvalue weighted by molar-refractivity contribution is -0.00284. The molecule has 1 N–H and O–H groups in total. The Labute approximate surface area is 110 Å². The molecule has 0 aliphatic heterocycles. The Hall–Kier alpha value is -0.900. The summed E-state index contributed by atoms with van der Waals surface area (Å²) in [6, 6.07) is 0. The van der Waals surface area contributed by atoms with E-state index < -0.39 is 5.97 Å². The number of nitrogens with zero attached hydrogens (tertiary/aromatic N) is 1. The van der Waals surface area contributed by atoms with Crippen molar-refractivity contribution < 1.29 is 9.90 Å². The zero-order valence-electron chi connectivity index (χ0n) is 10.2. The first-order chi connectivity index (χ1) is 8.70. The minimum absolute atomic E-state index is 0.402. The molecule has 0 atom stereocenters. The maximum absolute atomic E-state index is 11.0. The van der Waals surface area contributed by atoms with Gasteiger partial charge >= 0.3 is 5.97 Å². The smallest absolute Gasteiger partial charge is 0.347 e. The highest BCUT2D eigenvalue weighted by molar-refractivity contribution is 7.13. The molecule has 1 aromatic heterocycles. The van der Waals surface area contributed by atoms with Crippen LogP contribution in [0.1, 0.15) is 52.7 Å². The number of hydrogen-bond donors (Lipinski definition) is 1. The molecular weight excluding hydrogens is 246 g/mol. The Morgan fingerprint density at radius 3 is 2.28 bits per heavy atom. The predicted molar refractivity (Wildman–Crippen MR) is 68.9 cm³/mol. The fourth-order valence-corrected chi connectivity index (χ4v) is 5.91. The molecule has 0 amide bonds. The van der Waals surface area contributed by atoms with E-state index in [2.05, 4.69) is 4.98 Å². The minimum Gasteiger partial charge on any atom is -0.477 e. The fraction of sp³-hybridized carbons (Fsp3) is 0.714. The second kappa shape index (κ2) is 3.80. The Kier molecular flexibility index (Phi) is 2.31. The lowest BCUT2D eigenvalue weighted by Gasteiger charge is -2.53. The normalized spacial score (nSPS) is 41.2. The third-order valence-electron chi connectivity index (χ3n) is 5.25. The predicted octanol–water partition coefficient (Wildman–Crippen LogP) is 3.38. The van der Waals surface area contributed by atoms with Gasteiger partial charge in [-0.3, -0.25) is 0 Å². The minimum atomic E-state index is -0.831. The lowest BCUT2D eigenvalue weighted by Crippen LogP contribution is -2.43. The highest BCUT2D eigenvalue weighted by Gasteiger charge is 2.49. The second-order valence-corrected chi connectivity index (χ2v) is 7.39. The molecule has 96 valence electrons. The SMILES string of the molecule is O=C(O)c1cnc(C2C3CC4CC(C3)CC2C4)s1. The zero-order valence-corrected chi connectivity index (χ0v) is 11.0. The summed E-state index contributed by atoms with van der Waals surface area (Å²) in [4.78, 5) is 15.8. The van der Waals surface area contributed by atoms with Crippen molar-refractivity contribution in [2.75, 3.05) is 0 Å². The molecule has 4 saturated carbocycles. The Bertz CT molecular complexity index is 468. The second-order valence-electron chi connectivity index (χ2n) is 6.32. The first-order valence-electron chi connectivity index (χ1n) is 6.89. The molecule has 0 radical (unpaired) electrons. The Balaban J connectivity index is 1.66. The molecule has 0 spiro atoms. The van der Waals surface area contributed by atoms with Crippen molar-refractivity contribution >= 4 is 17.3 Å². The van der Waals surface area contributed by atoms with Gasteiger partial charge in [-0.2, -0.15) is 0 Å². The molecule has 0 saturated heterocycles. The first kappa shape index (κ1) is 11.0. The van der Waals surface area contributed by atoms with Crippen molar-refractivity contribution in [3.05, 3.63) is 16.1 Å². The van der Waals surface area contributed by atoms with Gasteiger partial charge in [-0.1, -0.05) is 0 Å². The number of aromatic nitrogens is 1. The molecule has 3 nitrogen and oxygen atoms in total. The van der Waals surface area contributed by atoms with Crippen LogP contribution in [0.25, 0.3) is 0 Å². The average molecular weight is 263 g/mol. The number of rotatable bonds is 2. The Morgan fingerprint density at radius 1 is 1.17 bits per heavy atom.